The van der Waals surface area contributed by atoms with Crippen LogP contribution < -0.4 is 5.32 Å². The summed E-state index contributed by atoms with van der Waals surface area (Å²) in [6.45, 7) is 6.04. The van der Waals surface area contributed by atoms with Gasteiger partial charge in [-0.1, -0.05) is 0 Å². The Kier molecular flexibility index (Phi) is 6.54. The Balaban J connectivity index is 2.69. The molecule has 0 saturated heterocycles. The lowest BCUT2D eigenvalue weighted by Gasteiger charge is -2.17. The van der Waals surface area contributed by atoms with E-state index in [-0.39, 0.29) is 17.7 Å². The number of aryl methyl sites for hydroxylation is 1. The highest BCUT2D eigenvalue weighted by Gasteiger charge is 2.16. The van der Waals surface area contributed by atoms with Gasteiger partial charge in [0.1, 0.15) is 11.6 Å². The topological polar surface area (TPSA) is 47.6 Å². The molecule has 20 heavy (non-hydrogen) atoms. The average molecular weight is 287 g/mol. The van der Waals surface area contributed by atoms with Crippen LogP contribution in [-0.4, -0.2) is 32.0 Å². The Morgan fingerprint density at radius 2 is 1.80 bits per heavy atom. The van der Waals surface area contributed by atoms with Crippen LogP contribution >= 0.6 is 0 Å². The molecule has 1 aromatic rings. The normalized spacial score (nSPS) is 10.9. The second-order valence-corrected chi connectivity index (χ2v) is 4.13. The van der Waals surface area contributed by atoms with Gasteiger partial charge in [0.2, 0.25) is 0 Å². The first-order chi connectivity index (χ1) is 9.49. The monoisotopic (exact) mass is 287 g/mol. The first-order valence-corrected chi connectivity index (χ1v) is 6.46. The fourth-order valence-electron chi connectivity index (χ4n) is 1.64. The summed E-state index contributed by atoms with van der Waals surface area (Å²) in [6.07, 6.45) is -0.585. The number of nitrogens with one attached hydrogen (secondary N) is 1. The highest BCUT2D eigenvalue weighted by atomic mass is 19.1. The number of hydrogen-bond donors (Lipinski definition) is 1. The van der Waals surface area contributed by atoms with Crippen LogP contribution in [0.1, 0.15) is 29.8 Å². The number of carbonyl (C=O) groups is 1. The van der Waals surface area contributed by atoms with Crippen LogP contribution in [0.25, 0.3) is 0 Å². The van der Waals surface area contributed by atoms with Crippen molar-refractivity contribution in [3.63, 3.8) is 0 Å². The smallest absolute Gasteiger partial charge is 0.254 e. The van der Waals surface area contributed by atoms with Crippen molar-refractivity contribution in [1.82, 2.24) is 5.32 Å². The third-order valence-electron chi connectivity index (χ3n) is 2.63. The molecule has 0 saturated carbocycles. The summed E-state index contributed by atoms with van der Waals surface area (Å²) in [5.74, 6) is -2.20. The van der Waals surface area contributed by atoms with Crippen LogP contribution in [-0.2, 0) is 9.47 Å². The van der Waals surface area contributed by atoms with Gasteiger partial charge < -0.3 is 14.8 Å². The molecule has 6 heteroatoms. The lowest BCUT2D eigenvalue weighted by Crippen LogP contribution is -2.35. The number of benzene rings is 1. The van der Waals surface area contributed by atoms with Crippen molar-refractivity contribution in [2.45, 2.75) is 27.1 Å². The molecule has 0 aliphatic heterocycles. The van der Waals surface area contributed by atoms with E-state index in [0.717, 1.165) is 0 Å². The first-order valence-electron chi connectivity index (χ1n) is 6.46. The molecule has 0 aliphatic carbocycles. The number of hydrogen-bond acceptors (Lipinski definition) is 3. The second-order valence-electron chi connectivity index (χ2n) is 4.13. The van der Waals surface area contributed by atoms with Gasteiger partial charge in [-0.05, 0) is 32.4 Å². The predicted octanol–water partition coefficient (Wildman–Crippen LogP) is 2.40. The van der Waals surface area contributed by atoms with Gasteiger partial charge in [0.15, 0.2) is 6.29 Å². The van der Waals surface area contributed by atoms with Gasteiger partial charge in [0.05, 0.1) is 12.1 Å². The molecule has 0 radical (unpaired) electrons. The van der Waals surface area contributed by atoms with Gasteiger partial charge in [0, 0.05) is 19.3 Å². The summed E-state index contributed by atoms with van der Waals surface area (Å²) in [5.41, 5.74) is 0.0124. The number of halogens is 2. The average Bonchev–Trinajstić information content (AvgIpc) is 2.40. The van der Waals surface area contributed by atoms with Crippen molar-refractivity contribution in [1.29, 1.82) is 0 Å². The van der Waals surface area contributed by atoms with E-state index >= 15 is 0 Å². The Bertz CT molecular complexity index is 460. The van der Waals surface area contributed by atoms with Gasteiger partial charge in [-0.2, -0.15) is 0 Å². The van der Waals surface area contributed by atoms with E-state index in [2.05, 4.69) is 5.32 Å². The third-order valence-corrected chi connectivity index (χ3v) is 2.63. The molecule has 0 atom stereocenters. The molecule has 1 aromatic carbocycles. The standard InChI is InChI=1S/C14H19F2NO3/c1-4-19-13(20-5-2)8-17-14(18)10-6-9(3)11(15)7-12(10)16/h6-7,13H,4-5,8H2,1-3H3,(H,17,18). The molecule has 1 amide bonds. The minimum atomic E-state index is -0.894. The summed E-state index contributed by atoms with van der Waals surface area (Å²) in [5, 5.41) is 2.50. The molecule has 112 valence electrons. The van der Waals surface area contributed by atoms with Crippen molar-refractivity contribution in [2.75, 3.05) is 19.8 Å². The maximum atomic E-state index is 13.5. The first kappa shape index (κ1) is 16.5. The van der Waals surface area contributed by atoms with Gasteiger partial charge in [-0.3, -0.25) is 4.79 Å². The fourth-order valence-corrected chi connectivity index (χ4v) is 1.64. The summed E-state index contributed by atoms with van der Waals surface area (Å²) >= 11 is 0. The zero-order valence-corrected chi connectivity index (χ0v) is 11.8. The Morgan fingerprint density at radius 1 is 1.20 bits per heavy atom. The fraction of sp³-hybridized carbons (Fsp3) is 0.500. The van der Waals surface area contributed by atoms with E-state index in [0.29, 0.717) is 19.3 Å². The van der Waals surface area contributed by atoms with Crippen LogP contribution in [0.2, 0.25) is 0 Å². The van der Waals surface area contributed by atoms with Crippen LogP contribution in [0.4, 0.5) is 8.78 Å². The van der Waals surface area contributed by atoms with Crippen LogP contribution in [0.15, 0.2) is 12.1 Å². The number of rotatable bonds is 7. The quantitative estimate of drug-likeness (QED) is 0.783. The van der Waals surface area contributed by atoms with E-state index in [1.54, 1.807) is 13.8 Å². The summed E-state index contributed by atoms with van der Waals surface area (Å²) in [6, 6.07) is 1.88. The number of amides is 1. The molecule has 0 bridgehead atoms. The van der Waals surface area contributed by atoms with Crippen molar-refractivity contribution >= 4 is 5.91 Å². The molecule has 0 fully saturated rings. The Labute approximate surface area is 117 Å². The molecule has 4 nitrogen and oxygen atoms in total. The van der Waals surface area contributed by atoms with E-state index < -0.39 is 23.8 Å². The van der Waals surface area contributed by atoms with Crippen molar-refractivity contribution in [2.24, 2.45) is 0 Å². The van der Waals surface area contributed by atoms with Crippen LogP contribution in [0.3, 0.4) is 0 Å². The summed E-state index contributed by atoms with van der Waals surface area (Å²) < 4.78 is 37.2. The molecule has 0 aromatic heterocycles. The molecule has 1 N–H and O–H groups in total. The van der Waals surface area contributed by atoms with Crippen molar-refractivity contribution in [3.8, 4) is 0 Å². The van der Waals surface area contributed by atoms with E-state index in [1.807, 2.05) is 0 Å². The van der Waals surface area contributed by atoms with Gasteiger partial charge in [0.25, 0.3) is 5.91 Å². The molecular formula is C14H19F2NO3. The van der Waals surface area contributed by atoms with Crippen LogP contribution in [0, 0.1) is 18.6 Å². The van der Waals surface area contributed by atoms with Crippen molar-refractivity contribution in [3.05, 3.63) is 34.9 Å². The summed E-state index contributed by atoms with van der Waals surface area (Å²) in [7, 11) is 0. The lowest BCUT2D eigenvalue weighted by atomic mass is 10.1. The second kappa shape index (κ2) is 7.91. The molecule has 1 rings (SSSR count). The highest BCUT2D eigenvalue weighted by Crippen LogP contribution is 2.14. The molecule has 0 spiro atoms. The van der Waals surface area contributed by atoms with E-state index in [4.69, 9.17) is 9.47 Å². The number of ether oxygens (including phenoxy) is 2. The summed E-state index contributed by atoms with van der Waals surface area (Å²) in [4.78, 5) is 11.9. The van der Waals surface area contributed by atoms with E-state index in [9.17, 15) is 13.6 Å². The molecule has 0 unspecified atom stereocenters. The Hall–Kier alpha value is -1.53. The zero-order chi connectivity index (χ0) is 15.1. The predicted molar refractivity (Wildman–Crippen MR) is 70.5 cm³/mol. The van der Waals surface area contributed by atoms with Gasteiger partial charge in [-0.25, -0.2) is 8.78 Å². The van der Waals surface area contributed by atoms with Crippen LogP contribution in [0.5, 0.6) is 0 Å². The third kappa shape index (κ3) is 4.54. The lowest BCUT2D eigenvalue weighted by molar-refractivity contribution is -0.131. The minimum Gasteiger partial charge on any atom is -0.351 e. The molecular weight excluding hydrogens is 268 g/mol. The van der Waals surface area contributed by atoms with Gasteiger partial charge >= 0.3 is 0 Å². The zero-order valence-electron chi connectivity index (χ0n) is 11.8. The SMILES string of the molecule is CCOC(CNC(=O)c1cc(C)c(F)cc1F)OCC. The molecule has 0 heterocycles. The number of carbonyl (C=O) groups excluding carboxylic acids is 1. The minimum absolute atomic E-state index is 0.0936. The van der Waals surface area contributed by atoms with Gasteiger partial charge in [-0.15, -0.1) is 0 Å². The maximum absolute atomic E-state index is 13.5. The Morgan fingerprint density at radius 3 is 2.35 bits per heavy atom. The largest absolute Gasteiger partial charge is 0.351 e. The highest BCUT2D eigenvalue weighted by molar-refractivity contribution is 5.94. The molecule has 0 aliphatic rings. The van der Waals surface area contributed by atoms with E-state index in [1.165, 1.54) is 13.0 Å². The van der Waals surface area contributed by atoms with Crippen molar-refractivity contribution < 1.29 is 23.0 Å². The maximum Gasteiger partial charge on any atom is 0.254 e.